The molecule has 0 bridgehead atoms. The van der Waals surface area contributed by atoms with Crippen LogP contribution in [0, 0.1) is 0 Å². The summed E-state index contributed by atoms with van der Waals surface area (Å²) in [6.07, 6.45) is 0. The SMILES string of the molecule is CNC(=O)N(C)N1C(=O)c2cccc3c(O)ccc(c23)C1=O. The van der Waals surface area contributed by atoms with Gasteiger partial charge in [-0.1, -0.05) is 12.1 Å². The van der Waals surface area contributed by atoms with Crippen molar-refractivity contribution in [2.45, 2.75) is 0 Å². The Hall–Kier alpha value is -3.09. The molecule has 1 aliphatic rings. The molecule has 2 aromatic carbocycles. The van der Waals surface area contributed by atoms with Crippen LogP contribution in [0.5, 0.6) is 5.75 Å². The van der Waals surface area contributed by atoms with Crippen LogP contribution >= 0.6 is 0 Å². The average molecular weight is 299 g/mol. The standard InChI is InChI=1S/C15H13N3O4/c1-16-15(22)17(2)18-13(20)9-5-3-4-8-11(19)7-6-10(12(8)9)14(18)21/h3-7,19H,1-2H3,(H,16,22). The number of nitrogens with one attached hydrogen (secondary N) is 1. The van der Waals surface area contributed by atoms with Crippen molar-refractivity contribution in [1.29, 1.82) is 0 Å². The van der Waals surface area contributed by atoms with E-state index in [9.17, 15) is 19.5 Å². The van der Waals surface area contributed by atoms with Crippen molar-refractivity contribution in [3.63, 3.8) is 0 Å². The van der Waals surface area contributed by atoms with Crippen LogP contribution in [0.4, 0.5) is 4.79 Å². The van der Waals surface area contributed by atoms with Crippen LogP contribution in [0.1, 0.15) is 20.7 Å². The van der Waals surface area contributed by atoms with Crippen molar-refractivity contribution in [3.8, 4) is 5.75 Å². The molecule has 0 aliphatic carbocycles. The Morgan fingerprint density at radius 3 is 2.41 bits per heavy atom. The van der Waals surface area contributed by atoms with Crippen LogP contribution < -0.4 is 5.32 Å². The molecule has 0 spiro atoms. The van der Waals surface area contributed by atoms with Gasteiger partial charge in [-0.05, 0) is 18.2 Å². The van der Waals surface area contributed by atoms with E-state index in [4.69, 9.17) is 0 Å². The Bertz CT molecular complexity index is 809. The summed E-state index contributed by atoms with van der Waals surface area (Å²) in [6.45, 7) is 0. The summed E-state index contributed by atoms with van der Waals surface area (Å²) in [5, 5.41) is 14.8. The van der Waals surface area contributed by atoms with Crippen molar-refractivity contribution >= 4 is 28.6 Å². The van der Waals surface area contributed by atoms with E-state index in [2.05, 4.69) is 5.32 Å². The van der Waals surface area contributed by atoms with Gasteiger partial charge in [0.25, 0.3) is 11.8 Å². The number of phenols is 1. The van der Waals surface area contributed by atoms with E-state index in [-0.39, 0.29) is 16.9 Å². The van der Waals surface area contributed by atoms with Crippen molar-refractivity contribution in [2.24, 2.45) is 0 Å². The van der Waals surface area contributed by atoms with E-state index < -0.39 is 17.8 Å². The van der Waals surface area contributed by atoms with Gasteiger partial charge in [-0.2, -0.15) is 5.01 Å². The van der Waals surface area contributed by atoms with Crippen LogP contribution in [-0.4, -0.2) is 47.1 Å². The fourth-order valence-corrected chi connectivity index (χ4v) is 2.59. The number of aromatic hydroxyl groups is 1. The Morgan fingerprint density at radius 1 is 1.14 bits per heavy atom. The van der Waals surface area contributed by atoms with Gasteiger partial charge in [0.2, 0.25) is 0 Å². The highest BCUT2D eigenvalue weighted by atomic mass is 16.3. The minimum Gasteiger partial charge on any atom is -0.507 e. The van der Waals surface area contributed by atoms with Crippen LogP contribution in [0.2, 0.25) is 0 Å². The molecule has 0 aromatic heterocycles. The Morgan fingerprint density at radius 2 is 1.77 bits per heavy atom. The molecule has 0 fully saturated rings. The zero-order valence-corrected chi connectivity index (χ0v) is 12.0. The Kier molecular flexibility index (Phi) is 2.98. The molecule has 1 heterocycles. The predicted octanol–water partition coefficient (Wildman–Crippen LogP) is 1.33. The second-order valence-electron chi connectivity index (χ2n) is 4.86. The van der Waals surface area contributed by atoms with E-state index in [1.165, 1.54) is 26.2 Å². The number of nitrogens with zero attached hydrogens (tertiary/aromatic N) is 2. The molecule has 2 N–H and O–H groups in total. The minimum atomic E-state index is -0.611. The summed E-state index contributed by atoms with van der Waals surface area (Å²) in [6, 6.07) is 7.07. The average Bonchev–Trinajstić information content (AvgIpc) is 2.53. The molecule has 1 aliphatic heterocycles. The van der Waals surface area contributed by atoms with E-state index in [0.29, 0.717) is 10.8 Å². The predicted molar refractivity (Wildman–Crippen MR) is 78.3 cm³/mol. The van der Waals surface area contributed by atoms with E-state index in [1.807, 2.05) is 0 Å². The van der Waals surface area contributed by atoms with Crippen molar-refractivity contribution in [2.75, 3.05) is 14.1 Å². The summed E-state index contributed by atoms with van der Waals surface area (Å²) in [4.78, 5) is 36.9. The van der Waals surface area contributed by atoms with Gasteiger partial charge in [0.05, 0.1) is 11.1 Å². The second kappa shape index (κ2) is 4.73. The molecular weight excluding hydrogens is 286 g/mol. The van der Waals surface area contributed by atoms with Gasteiger partial charge in [0, 0.05) is 24.9 Å². The Labute approximate surface area is 125 Å². The number of imide groups is 1. The molecule has 7 heteroatoms. The summed E-state index contributed by atoms with van der Waals surface area (Å²) >= 11 is 0. The lowest BCUT2D eigenvalue weighted by molar-refractivity contribution is 0.0220. The first-order chi connectivity index (χ1) is 10.5. The van der Waals surface area contributed by atoms with Crippen molar-refractivity contribution < 1.29 is 19.5 Å². The number of benzene rings is 2. The van der Waals surface area contributed by atoms with Gasteiger partial charge < -0.3 is 10.4 Å². The topological polar surface area (TPSA) is 90.0 Å². The highest BCUT2D eigenvalue weighted by Gasteiger charge is 2.37. The highest BCUT2D eigenvalue weighted by Crippen LogP contribution is 2.35. The number of hydrogen-bond donors (Lipinski definition) is 2. The van der Waals surface area contributed by atoms with Gasteiger partial charge in [0.1, 0.15) is 5.75 Å². The maximum atomic E-state index is 12.6. The largest absolute Gasteiger partial charge is 0.507 e. The van der Waals surface area contributed by atoms with Crippen LogP contribution in [0.3, 0.4) is 0 Å². The maximum Gasteiger partial charge on any atom is 0.336 e. The maximum absolute atomic E-state index is 12.6. The molecule has 7 nitrogen and oxygen atoms in total. The van der Waals surface area contributed by atoms with E-state index >= 15 is 0 Å². The minimum absolute atomic E-state index is 0.00527. The second-order valence-corrected chi connectivity index (χ2v) is 4.86. The number of hydrogen-bond acceptors (Lipinski definition) is 4. The molecule has 3 rings (SSSR count). The third kappa shape index (κ3) is 1.72. The third-order valence-electron chi connectivity index (χ3n) is 3.67. The van der Waals surface area contributed by atoms with Crippen LogP contribution in [0.25, 0.3) is 10.8 Å². The molecule has 0 atom stereocenters. The molecule has 0 unspecified atom stereocenters. The number of urea groups is 1. The van der Waals surface area contributed by atoms with Gasteiger partial charge in [0.15, 0.2) is 0 Å². The summed E-state index contributed by atoms with van der Waals surface area (Å²) < 4.78 is 0. The quantitative estimate of drug-likeness (QED) is 0.777. The molecular formula is C15H13N3O4. The Balaban J connectivity index is 2.25. The monoisotopic (exact) mass is 299 g/mol. The molecule has 2 aromatic rings. The number of rotatable bonds is 1. The van der Waals surface area contributed by atoms with Crippen LogP contribution in [0.15, 0.2) is 30.3 Å². The zero-order valence-electron chi connectivity index (χ0n) is 12.0. The normalized spacial score (nSPS) is 13.5. The zero-order chi connectivity index (χ0) is 16.0. The molecule has 0 radical (unpaired) electrons. The number of phenolic OH excluding ortho intramolecular Hbond substituents is 1. The van der Waals surface area contributed by atoms with E-state index in [0.717, 1.165) is 10.0 Å². The fraction of sp³-hybridized carbons (Fsp3) is 0.133. The summed E-state index contributed by atoms with van der Waals surface area (Å²) in [7, 11) is 2.74. The highest BCUT2D eigenvalue weighted by molar-refractivity contribution is 6.26. The lowest BCUT2D eigenvalue weighted by Crippen LogP contribution is -2.54. The third-order valence-corrected chi connectivity index (χ3v) is 3.67. The summed E-state index contributed by atoms with van der Waals surface area (Å²) in [5.74, 6) is -1.23. The number of carbonyl (C=O) groups is 3. The molecule has 0 saturated carbocycles. The molecule has 0 saturated heterocycles. The summed E-state index contributed by atoms with van der Waals surface area (Å²) in [5.41, 5.74) is 0.525. The van der Waals surface area contributed by atoms with Gasteiger partial charge in [-0.15, -0.1) is 0 Å². The van der Waals surface area contributed by atoms with Gasteiger partial charge >= 0.3 is 6.03 Å². The number of amides is 4. The first-order valence-corrected chi connectivity index (χ1v) is 6.56. The lowest BCUT2D eigenvalue weighted by Gasteiger charge is -2.33. The van der Waals surface area contributed by atoms with Crippen molar-refractivity contribution in [1.82, 2.24) is 15.3 Å². The smallest absolute Gasteiger partial charge is 0.336 e. The molecule has 112 valence electrons. The van der Waals surface area contributed by atoms with Gasteiger partial charge in [-0.3, -0.25) is 9.59 Å². The van der Waals surface area contributed by atoms with Crippen molar-refractivity contribution in [3.05, 3.63) is 41.5 Å². The molecule has 22 heavy (non-hydrogen) atoms. The van der Waals surface area contributed by atoms with Gasteiger partial charge in [-0.25, -0.2) is 9.80 Å². The lowest BCUT2D eigenvalue weighted by atomic mass is 9.94. The van der Waals surface area contributed by atoms with E-state index in [1.54, 1.807) is 18.2 Å². The first kappa shape index (κ1) is 13.9. The first-order valence-electron chi connectivity index (χ1n) is 6.56. The molecule has 4 amide bonds. The fourth-order valence-electron chi connectivity index (χ4n) is 2.59. The van der Waals surface area contributed by atoms with Crippen LogP contribution in [-0.2, 0) is 0 Å². The number of hydrazine groups is 1. The number of carbonyl (C=O) groups excluding carboxylic acids is 3.